The second-order valence-electron chi connectivity index (χ2n) is 4.93. The van der Waals surface area contributed by atoms with Crippen LogP contribution in [0.3, 0.4) is 0 Å². The van der Waals surface area contributed by atoms with Crippen molar-refractivity contribution in [2.24, 2.45) is 5.73 Å². The summed E-state index contributed by atoms with van der Waals surface area (Å²) >= 11 is 3.42. The van der Waals surface area contributed by atoms with Gasteiger partial charge in [0.1, 0.15) is 0 Å². The summed E-state index contributed by atoms with van der Waals surface area (Å²) in [6.45, 7) is 1.64. The maximum atomic E-state index is 11.9. The van der Waals surface area contributed by atoms with Crippen LogP contribution in [0.1, 0.15) is 32.6 Å². The standard InChI is InChI=1S/C14H19BrN2O.ClH/c1-10(18)17(13-6-2-11(15)3-7-13)14-8-4-12(16)5-9-14;/h2-3,6-7,12,14H,4-5,8-9,16H2,1H3;1H. The fourth-order valence-corrected chi connectivity index (χ4v) is 2.88. The first-order valence-electron chi connectivity index (χ1n) is 6.39. The highest BCUT2D eigenvalue weighted by molar-refractivity contribution is 9.10. The van der Waals surface area contributed by atoms with Gasteiger partial charge in [-0.25, -0.2) is 0 Å². The van der Waals surface area contributed by atoms with E-state index in [2.05, 4.69) is 15.9 Å². The van der Waals surface area contributed by atoms with Gasteiger partial charge >= 0.3 is 0 Å². The molecular weight excluding hydrogens is 328 g/mol. The smallest absolute Gasteiger partial charge is 0.224 e. The zero-order valence-electron chi connectivity index (χ0n) is 11.0. The lowest BCUT2D eigenvalue weighted by atomic mass is 9.90. The minimum Gasteiger partial charge on any atom is -0.328 e. The summed E-state index contributed by atoms with van der Waals surface area (Å²) in [4.78, 5) is 13.8. The molecule has 1 fully saturated rings. The fraction of sp³-hybridized carbons (Fsp3) is 0.500. The molecule has 0 aliphatic heterocycles. The quantitative estimate of drug-likeness (QED) is 0.890. The van der Waals surface area contributed by atoms with Gasteiger partial charge in [-0.05, 0) is 49.9 Å². The molecule has 0 atom stereocenters. The molecule has 0 aromatic heterocycles. The van der Waals surface area contributed by atoms with Crippen molar-refractivity contribution in [2.45, 2.75) is 44.7 Å². The van der Waals surface area contributed by atoms with Gasteiger partial charge in [-0.2, -0.15) is 0 Å². The summed E-state index contributed by atoms with van der Waals surface area (Å²) in [5, 5.41) is 0. The third-order valence-electron chi connectivity index (χ3n) is 3.55. The second-order valence-corrected chi connectivity index (χ2v) is 5.85. The Bertz CT molecular complexity index is 416. The molecule has 3 nitrogen and oxygen atoms in total. The summed E-state index contributed by atoms with van der Waals surface area (Å²) in [5.41, 5.74) is 6.90. The van der Waals surface area contributed by atoms with E-state index in [0.717, 1.165) is 35.8 Å². The highest BCUT2D eigenvalue weighted by atomic mass is 79.9. The number of carbonyl (C=O) groups excluding carboxylic acids is 1. The van der Waals surface area contributed by atoms with Crippen LogP contribution in [-0.2, 0) is 4.79 Å². The van der Waals surface area contributed by atoms with Gasteiger partial charge in [0.25, 0.3) is 0 Å². The zero-order chi connectivity index (χ0) is 13.1. The van der Waals surface area contributed by atoms with Gasteiger partial charge in [0, 0.05) is 29.2 Å². The van der Waals surface area contributed by atoms with Gasteiger partial charge < -0.3 is 10.6 Å². The van der Waals surface area contributed by atoms with E-state index in [1.165, 1.54) is 0 Å². The van der Waals surface area contributed by atoms with Gasteiger partial charge in [-0.15, -0.1) is 12.4 Å². The number of amides is 1. The highest BCUT2D eigenvalue weighted by Gasteiger charge is 2.26. The van der Waals surface area contributed by atoms with E-state index in [4.69, 9.17) is 5.73 Å². The number of nitrogens with zero attached hydrogens (tertiary/aromatic N) is 1. The molecule has 1 aromatic rings. The number of rotatable bonds is 2. The van der Waals surface area contributed by atoms with E-state index in [1.807, 2.05) is 29.2 Å². The summed E-state index contributed by atoms with van der Waals surface area (Å²) in [7, 11) is 0. The van der Waals surface area contributed by atoms with Crippen molar-refractivity contribution < 1.29 is 4.79 Å². The monoisotopic (exact) mass is 346 g/mol. The van der Waals surface area contributed by atoms with Crippen LogP contribution in [0.15, 0.2) is 28.7 Å². The third kappa shape index (κ3) is 4.20. The maximum absolute atomic E-state index is 11.9. The third-order valence-corrected chi connectivity index (χ3v) is 4.08. The number of hydrogen-bond donors (Lipinski definition) is 1. The molecule has 5 heteroatoms. The molecule has 1 aliphatic rings. The maximum Gasteiger partial charge on any atom is 0.224 e. The molecule has 0 bridgehead atoms. The number of anilines is 1. The molecule has 106 valence electrons. The number of nitrogens with two attached hydrogens (primary N) is 1. The molecule has 0 spiro atoms. The number of benzene rings is 1. The van der Waals surface area contributed by atoms with Gasteiger partial charge in [0.05, 0.1) is 0 Å². The Labute approximate surface area is 129 Å². The molecule has 19 heavy (non-hydrogen) atoms. The summed E-state index contributed by atoms with van der Waals surface area (Å²) < 4.78 is 1.03. The molecule has 1 amide bonds. The molecule has 1 saturated carbocycles. The summed E-state index contributed by atoms with van der Waals surface area (Å²) in [5.74, 6) is 0.109. The van der Waals surface area contributed by atoms with E-state index in [9.17, 15) is 4.79 Å². The Morgan fingerprint density at radius 2 is 1.74 bits per heavy atom. The first kappa shape index (κ1) is 16.5. The number of hydrogen-bond acceptors (Lipinski definition) is 2. The van der Waals surface area contributed by atoms with Crippen molar-refractivity contribution in [3.05, 3.63) is 28.7 Å². The van der Waals surface area contributed by atoms with Crippen molar-refractivity contribution in [1.29, 1.82) is 0 Å². The Balaban J connectivity index is 0.00000180. The normalized spacial score (nSPS) is 22.5. The van der Waals surface area contributed by atoms with Gasteiger partial charge in [0.15, 0.2) is 0 Å². The Hall–Kier alpha value is -0.580. The van der Waals surface area contributed by atoms with E-state index in [-0.39, 0.29) is 18.3 Å². The molecule has 0 unspecified atom stereocenters. The topological polar surface area (TPSA) is 46.3 Å². The van der Waals surface area contributed by atoms with Crippen molar-refractivity contribution in [3.8, 4) is 0 Å². The minimum absolute atomic E-state index is 0. The summed E-state index contributed by atoms with van der Waals surface area (Å²) in [6.07, 6.45) is 4.00. The average Bonchev–Trinajstić information content (AvgIpc) is 2.34. The fourth-order valence-electron chi connectivity index (χ4n) is 2.61. The first-order chi connectivity index (χ1) is 8.58. The van der Waals surface area contributed by atoms with E-state index < -0.39 is 0 Å². The molecular formula is C14H20BrClN2O. The predicted molar refractivity (Wildman–Crippen MR) is 84.8 cm³/mol. The number of carbonyl (C=O) groups is 1. The van der Waals surface area contributed by atoms with Crippen LogP contribution in [-0.4, -0.2) is 18.0 Å². The molecule has 2 rings (SSSR count). The van der Waals surface area contributed by atoms with Gasteiger partial charge in [-0.1, -0.05) is 15.9 Å². The van der Waals surface area contributed by atoms with E-state index in [0.29, 0.717) is 12.1 Å². The van der Waals surface area contributed by atoms with Crippen LogP contribution in [0.4, 0.5) is 5.69 Å². The second kappa shape index (κ2) is 7.27. The largest absolute Gasteiger partial charge is 0.328 e. The van der Waals surface area contributed by atoms with Crippen LogP contribution < -0.4 is 10.6 Å². The van der Waals surface area contributed by atoms with Crippen molar-refractivity contribution in [2.75, 3.05) is 4.90 Å². The summed E-state index contributed by atoms with van der Waals surface area (Å²) in [6, 6.07) is 8.52. The van der Waals surface area contributed by atoms with Crippen molar-refractivity contribution in [1.82, 2.24) is 0 Å². The van der Waals surface area contributed by atoms with Crippen LogP contribution in [0.5, 0.6) is 0 Å². The molecule has 1 aromatic carbocycles. The van der Waals surface area contributed by atoms with Gasteiger partial charge in [-0.3, -0.25) is 4.79 Å². The number of halogens is 2. The average molecular weight is 348 g/mol. The molecule has 2 N–H and O–H groups in total. The predicted octanol–water partition coefficient (Wildman–Crippen LogP) is 3.49. The van der Waals surface area contributed by atoms with Crippen LogP contribution in [0.2, 0.25) is 0 Å². The van der Waals surface area contributed by atoms with Crippen LogP contribution in [0.25, 0.3) is 0 Å². The first-order valence-corrected chi connectivity index (χ1v) is 7.18. The van der Waals surface area contributed by atoms with Gasteiger partial charge in [0.2, 0.25) is 5.91 Å². The molecule has 0 radical (unpaired) electrons. The van der Waals surface area contributed by atoms with Crippen LogP contribution >= 0.6 is 28.3 Å². The lowest BCUT2D eigenvalue weighted by Crippen LogP contribution is -2.43. The van der Waals surface area contributed by atoms with Crippen molar-refractivity contribution in [3.63, 3.8) is 0 Å². The Morgan fingerprint density at radius 1 is 1.21 bits per heavy atom. The lowest BCUT2D eigenvalue weighted by molar-refractivity contribution is -0.117. The highest BCUT2D eigenvalue weighted by Crippen LogP contribution is 2.28. The molecule has 0 saturated heterocycles. The minimum atomic E-state index is 0. The van der Waals surface area contributed by atoms with E-state index in [1.54, 1.807) is 6.92 Å². The zero-order valence-corrected chi connectivity index (χ0v) is 13.4. The molecule has 1 aliphatic carbocycles. The molecule has 0 heterocycles. The Kier molecular flexibility index (Phi) is 6.30. The lowest BCUT2D eigenvalue weighted by Gasteiger charge is -2.35. The van der Waals surface area contributed by atoms with E-state index >= 15 is 0 Å². The SMILES string of the molecule is CC(=O)N(c1ccc(Br)cc1)C1CCC(N)CC1.Cl. The van der Waals surface area contributed by atoms with Crippen molar-refractivity contribution >= 4 is 39.9 Å². The Morgan fingerprint density at radius 3 is 2.21 bits per heavy atom. The van der Waals surface area contributed by atoms with Crippen LogP contribution in [0, 0.1) is 0 Å².